The molecule has 18 heavy (non-hydrogen) atoms. The fraction of sp³-hybridized carbons (Fsp3) is 0.538. The first kappa shape index (κ1) is 11.8. The monoisotopic (exact) mass is 260 g/mol. The molecule has 5 heteroatoms. The van der Waals surface area contributed by atoms with Crippen molar-refractivity contribution in [2.75, 3.05) is 42.6 Å². The lowest BCUT2D eigenvalue weighted by Crippen LogP contribution is -2.61. The molecule has 0 spiro atoms. The van der Waals surface area contributed by atoms with Crippen molar-refractivity contribution in [2.45, 2.75) is 6.04 Å². The molecule has 0 atom stereocenters. The molecular weight excluding hydrogens is 244 g/mol. The fourth-order valence-electron chi connectivity index (χ4n) is 2.54. The normalized spacial score (nSPS) is 21.4. The maximum atomic E-state index is 9.07. The first-order chi connectivity index (χ1) is 8.88. The van der Waals surface area contributed by atoms with Gasteiger partial charge in [-0.2, -0.15) is 17.0 Å². The summed E-state index contributed by atoms with van der Waals surface area (Å²) in [6, 6.07) is 6.53. The average molecular weight is 260 g/mol. The summed E-state index contributed by atoms with van der Waals surface area (Å²) in [4.78, 5) is 9.12. The summed E-state index contributed by atoms with van der Waals surface area (Å²) in [5, 5.41) is 9.07. The maximum Gasteiger partial charge on any atom is 0.146 e. The van der Waals surface area contributed by atoms with Crippen LogP contribution < -0.4 is 4.90 Å². The fourth-order valence-corrected chi connectivity index (χ4v) is 3.47. The predicted octanol–water partition coefficient (Wildman–Crippen LogP) is 1.19. The summed E-state index contributed by atoms with van der Waals surface area (Å²) >= 11 is 2.04. The highest BCUT2D eigenvalue weighted by Crippen LogP contribution is 2.26. The van der Waals surface area contributed by atoms with Crippen LogP contribution in [-0.2, 0) is 0 Å². The Morgan fingerprint density at radius 1 is 1.33 bits per heavy atom. The van der Waals surface area contributed by atoms with Crippen LogP contribution in [0.4, 0.5) is 5.82 Å². The molecule has 1 aromatic heterocycles. The molecule has 0 unspecified atom stereocenters. The highest BCUT2D eigenvalue weighted by Gasteiger charge is 2.34. The molecule has 3 heterocycles. The summed E-state index contributed by atoms with van der Waals surface area (Å²) in [5.74, 6) is 3.36. The molecule has 2 saturated heterocycles. The Bertz CT molecular complexity index is 458. The van der Waals surface area contributed by atoms with Crippen LogP contribution in [0.5, 0.6) is 0 Å². The number of nitrogens with zero attached hydrogens (tertiary/aromatic N) is 4. The zero-order valence-electron chi connectivity index (χ0n) is 10.2. The van der Waals surface area contributed by atoms with Crippen LogP contribution in [0.1, 0.15) is 5.56 Å². The van der Waals surface area contributed by atoms with E-state index in [2.05, 4.69) is 20.9 Å². The van der Waals surface area contributed by atoms with Gasteiger partial charge in [0, 0.05) is 49.9 Å². The summed E-state index contributed by atoms with van der Waals surface area (Å²) in [5.41, 5.74) is 0.685. The Labute approximate surface area is 112 Å². The molecule has 0 N–H and O–H groups in total. The van der Waals surface area contributed by atoms with Gasteiger partial charge in [-0.1, -0.05) is 0 Å². The van der Waals surface area contributed by atoms with Gasteiger partial charge >= 0.3 is 0 Å². The van der Waals surface area contributed by atoms with Crippen molar-refractivity contribution >= 4 is 17.6 Å². The molecule has 0 aromatic carbocycles. The van der Waals surface area contributed by atoms with Gasteiger partial charge in [-0.25, -0.2) is 4.98 Å². The predicted molar refractivity (Wildman–Crippen MR) is 73.9 cm³/mol. The van der Waals surface area contributed by atoms with Crippen molar-refractivity contribution in [1.82, 2.24) is 9.88 Å². The van der Waals surface area contributed by atoms with Crippen LogP contribution in [0, 0.1) is 11.3 Å². The van der Waals surface area contributed by atoms with Crippen molar-refractivity contribution in [1.29, 1.82) is 5.26 Å². The van der Waals surface area contributed by atoms with Gasteiger partial charge in [0.1, 0.15) is 11.9 Å². The number of pyridine rings is 1. The Kier molecular flexibility index (Phi) is 3.39. The number of aromatic nitrogens is 1. The standard InChI is InChI=1S/C13H16N4S/c14-8-11-2-1-3-15-13(11)17-9-12(10-17)16-4-6-18-7-5-16/h1-3,12H,4-7,9-10H2. The second-order valence-electron chi connectivity index (χ2n) is 4.69. The van der Waals surface area contributed by atoms with Crippen LogP contribution in [-0.4, -0.2) is 53.6 Å². The molecule has 3 rings (SSSR count). The molecule has 0 bridgehead atoms. The van der Waals surface area contributed by atoms with Crippen LogP contribution >= 0.6 is 11.8 Å². The third-order valence-electron chi connectivity index (χ3n) is 3.63. The SMILES string of the molecule is N#Cc1cccnc1N1CC(N2CCSCC2)C1. The molecule has 2 fully saturated rings. The number of anilines is 1. The largest absolute Gasteiger partial charge is 0.352 e. The Balaban J connectivity index is 1.63. The van der Waals surface area contributed by atoms with Gasteiger partial charge in [-0.3, -0.25) is 4.90 Å². The van der Waals surface area contributed by atoms with Crippen LogP contribution in [0.3, 0.4) is 0 Å². The van der Waals surface area contributed by atoms with Gasteiger partial charge in [0.15, 0.2) is 0 Å². The lowest BCUT2D eigenvalue weighted by atomic mass is 10.1. The molecular formula is C13H16N4S. The number of thioether (sulfide) groups is 1. The van der Waals surface area contributed by atoms with E-state index in [-0.39, 0.29) is 0 Å². The first-order valence-electron chi connectivity index (χ1n) is 6.30. The van der Waals surface area contributed by atoms with E-state index in [4.69, 9.17) is 5.26 Å². The van der Waals surface area contributed by atoms with Crippen molar-refractivity contribution in [3.8, 4) is 6.07 Å². The van der Waals surface area contributed by atoms with Gasteiger partial charge in [-0.15, -0.1) is 0 Å². The van der Waals surface area contributed by atoms with E-state index < -0.39 is 0 Å². The molecule has 0 amide bonds. The molecule has 0 saturated carbocycles. The topological polar surface area (TPSA) is 43.2 Å². The van der Waals surface area contributed by atoms with Gasteiger partial charge in [0.2, 0.25) is 0 Å². The van der Waals surface area contributed by atoms with Gasteiger partial charge in [-0.05, 0) is 12.1 Å². The quantitative estimate of drug-likeness (QED) is 0.799. The maximum absolute atomic E-state index is 9.07. The molecule has 94 valence electrons. The summed E-state index contributed by atoms with van der Waals surface area (Å²) in [6.45, 7) is 4.43. The zero-order chi connectivity index (χ0) is 12.4. The second kappa shape index (κ2) is 5.17. The Hall–Kier alpha value is -1.25. The zero-order valence-corrected chi connectivity index (χ0v) is 11.1. The van der Waals surface area contributed by atoms with Gasteiger partial charge in [0.25, 0.3) is 0 Å². The summed E-state index contributed by atoms with van der Waals surface area (Å²) in [7, 11) is 0. The molecule has 2 aliphatic rings. The third kappa shape index (κ3) is 2.18. The number of hydrogen-bond donors (Lipinski definition) is 0. The van der Waals surface area contributed by atoms with Crippen LogP contribution in [0.2, 0.25) is 0 Å². The minimum absolute atomic E-state index is 0.652. The smallest absolute Gasteiger partial charge is 0.146 e. The Morgan fingerprint density at radius 3 is 2.83 bits per heavy atom. The molecule has 2 aliphatic heterocycles. The van der Waals surface area contributed by atoms with E-state index in [0.717, 1.165) is 18.9 Å². The van der Waals surface area contributed by atoms with Gasteiger partial charge in [0.05, 0.1) is 5.56 Å². The lowest BCUT2D eigenvalue weighted by molar-refractivity contribution is 0.182. The third-order valence-corrected chi connectivity index (χ3v) is 4.57. The molecule has 0 radical (unpaired) electrons. The van der Waals surface area contributed by atoms with Crippen LogP contribution in [0.25, 0.3) is 0 Å². The van der Waals surface area contributed by atoms with Gasteiger partial charge < -0.3 is 4.90 Å². The summed E-state index contributed by atoms with van der Waals surface area (Å²) < 4.78 is 0. The molecule has 0 aliphatic carbocycles. The first-order valence-corrected chi connectivity index (χ1v) is 7.46. The van der Waals surface area contributed by atoms with Crippen molar-refractivity contribution < 1.29 is 0 Å². The highest BCUT2D eigenvalue weighted by molar-refractivity contribution is 7.99. The van der Waals surface area contributed by atoms with E-state index >= 15 is 0 Å². The molecule has 1 aromatic rings. The van der Waals surface area contributed by atoms with Crippen molar-refractivity contribution in [2.24, 2.45) is 0 Å². The minimum atomic E-state index is 0.652. The second-order valence-corrected chi connectivity index (χ2v) is 5.92. The molecule has 4 nitrogen and oxygen atoms in total. The van der Waals surface area contributed by atoms with Crippen LogP contribution in [0.15, 0.2) is 18.3 Å². The number of rotatable bonds is 2. The average Bonchev–Trinajstić information content (AvgIpc) is 2.39. The highest BCUT2D eigenvalue weighted by atomic mass is 32.2. The lowest BCUT2D eigenvalue weighted by Gasteiger charge is -2.47. The van der Waals surface area contributed by atoms with E-state index in [1.165, 1.54) is 24.6 Å². The van der Waals surface area contributed by atoms with E-state index in [1.807, 2.05) is 23.9 Å². The van der Waals surface area contributed by atoms with E-state index in [1.54, 1.807) is 6.20 Å². The summed E-state index contributed by atoms with van der Waals surface area (Å²) in [6.07, 6.45) is 1.76. The number of nitriles is 1. The van der Waals surface area contributed by atoms with E-state index in [9.17, 15) is 0 Å². The van der Waals surface area contributed by atoms with Crippen molar-refractivity contribution in [3.63, 3.8) is 0 Å². The Morgan fingerprint density at radius 2 is 2.11 bits per heavy atom. The minimum Gasteiger partial charge on any atom is -0.352 e. The van der Waals surface area contributed by atoms with E-state index in [0.29, 0.717) is 11.6 Å². The number of hydrogen-bond acceptors (Lipinski definition) is 5. The van der Waals surface area contributed by atoms with Crippen molar-refractivity contribution in [3.05, 3.63) is 23.9 Å².